The smallest absolute Gasteiger partial charge is 0.341 e. The topological polar surface area (TPSA) is 114 Å². The van der Waals surface area contributed by atoms with Gasteiger partial charge in [-0.05, 0) is 45.1 Å². The zero-order valence-corrected chi connectivity index (χ0v) is 16.2. The molecule has 4 N–H and O–H groups in total. The number of aryl methyl sites for hydroxylation is 1. The molecule has 1 atom stereocenters. The van der Waals surface area contributed by atoms with E-state index < -0.39 is 12.0 Å². The number of amides is 4. The van der Waals surface area contributed by atoms with Crippen molar-refractivity contribution in [3.8, 4) is 0 Å². The summed E-state index contributed by atoms with van der Waals surface area (Å²) in [7, 11) is 0. The number of thiophene rings is 1. The number of nitrogens with one attached hydrogen (secondary N) is 2. The van der Waals surface area contributed by atoms with Crippen molar-refractivity contribution >= 4 is 34.4 Å². The number of carbonyl (C=O) groups is 3. The molecule has 0 spiro atoms. The Labute approximate surface area is 157 Å². The Morgan fingerprint density at radius 2 is 2.08 bits per heavy atom. The minimum atomic E-state index is -0.560. The third-order valence-corrected chi connectivity index (χ3v) is 5.58. The molecule has 0 saturated carbocycles. The van der Waals surface area contributed by atoms with E-state index in [9.17, 15) is 14.4 Å². The van der Waals surface area contributed by atoms with Crippen molar-refractivity contribution in [3.63, 3.8) is 0 Å². The molecule has 1 aliphatic heterocycles. The Balaban J connectivity index is 2.06. The Morgan fingerprint density at radius 3 is 2.73 bits per heavy atom. The van der Waals surface area contributed by atoms with Crippen molar-refractivity contribution in [2.45, 2.75) is 33.6 Å². The van der Waals surface area contributed by atoms with Crippen LogP contribution >= 0.6 is 11.3 Å². The molecule has 1 aromatic rings. The number of nitrogens with two attached hydrogens (primary N) is 1. The summed E-state index contributed by atoms with van der Waals surface area (Å²) in [4.78, 5) is 38.4. The van der Waals surface area contributed by atoms with Gasteiger partial charge in [-0.1, -0.05) is 0 Å². The molecular weight excluding hydrogens is 356 g/mol. The molecule has 26 heavy (non-hydrogen) atoms. The highest BCUT2D eigenvalue weighted by Crippen LogP contribution is 2.33. The first-order valence-corrected chi connectivity index (χ1v) is 9.51. The van der Waals surface area contributed by atoms with Crippen LogP contribution in [0.5, 0.6) is 0 Å². The number of anilines is 1. The first-order chi connectivity index (χ1) is 12.3. The number of rotatable bonds is 5. The molecule has 1 aromatic heterocycles. The van der Waals surface area contributed by atoms with Crippen LogP contribution in [0.4, 0.5) is 14.6 Å². The van der Waals surface area contributed by atoms with Crippen LogP contribution in [0.25, 0.3) is 0 Å². The number of esters is 1. The van der Waals surface area contributed by atoms with Gasteiger partial charge in [-0.2, -0.15) is 0 Å². The molecule has 1 fully saturated rings. The molecule has 0 radical (unpaired) electrons. The lowest BCUT2D eigenvalue weighted by molar-refractivity contribution is 0.0527. The number of likely N-dealkylation sites (tertiary alicyclic amines) is 1. The van der Waals surface area contributed by atoms with Crippen molar-refractivity contribution in [2.75, 3.05) is 31.6 Å². The highest BCUT2D eigenvalue weighted by molar-refractivity contribution is 7.16. The summed E-state index contributed by atoms with van der Waals surface area (Å²) in [6.45, 7) is 7.40. The Kier molecular flexibility index (Phi) is 6.84. The van der Waals surface area contributed by atoms with Crippen molar-refractivity contribution in [3.05, 3.63) is 16.0 Å². The summed E-state index contributed by atoms with van der Waals surface area (Å²) in [5.41, 5.74) is 6.35. The fraction of sp³-hybridized carbons (Fsp3) is 0.588. The maximum Gasteiger partial charge on any atom is 0.341 e. The van der Waals surface area contributed by atoms with Crippen LogP contribution < -0.4 is 16.4 Å². The molecule has 2 heterocycles. The Bertz CT molecular complexity index is 689. The number of primary amides is 1. The highest BCUT2D eigenvalue weighted by atomic mass is 32.1. The van der Waals surface area contributed by atoms with Gasteiger partial charge in [0.1, 0.15) is 5.00 Å². The monoisotopic (exact) mass is 382 g/mol. The van der Waals surface area contributed by atoms with Gasteiger partial charge >= 0.3 is 18.0 Å². The molecular formula is C17H26N4O4S. The molecule has 1 aliphatic rings. The third kappa shape index (κ3) is 4.87. The van der Waals surface area contributed by atoms with E-state index in [-0.39, 0.29) is 18.6 Å². The van der Waals surface area contributed by atoms with Crippen molar-refractivity contribution < 1.29 is 19.1 Å². The first kappa shape index (κ1) is 20.0. The fourth-order valence-electron chi connectivity index (χ4n) is 3.00. The predicted molar refractivity (Wildman–Crippen MR) is 101 cm³/mol. The molecule has 0 bridgehead atoms. The number of hydrogen-bond acceptors (Lipinski definition) is 5. The average Bonchev–Trinajstić information content (AvgIpc) is 2.87. The molecule has 4 amide bonds. The van der Waals surface area contributed by atoms with Crippen molar-refractivity contribution in [2.24, 2.45) is 11.7 Å². The maximum absolute atomic E-state index is 12.7. The summed E-state index contributed by atoms with van der Waals surface area (Å²) in [5.74, 6) is -0.259. The highest BCUT2D eigenvalue weighted by Gasteiger charge is 2.27. The molecule has 1 saturated heterocycles. The average molecular weight is 382 g/mol. The van der Waals surface area contributed by atoms with E-state index in [1.54, 1.807) is 11.8 Å². The Morgan fingerprint density at radius 1 is 1.35 bits per heavy atom. The van der Waals surface area contributed by atoms with Gasteiger partial charge in [0.05, 0.1) is 12.2 Å². The van der Waals surface area contributed by atoms with Crippen LogP contribution in [-0.4, -0.2) is 49.2 Å². The van der Waals surface area contributed by atoms with Crippen LogP contribution in [0.2, 0.25) is 0 Å². The molecule has 0 aromatic carbocycles. The zero-order valence-electron chi connectivity index (χ0n) is 15.4. The van der Waals surface area contributed by atoms with Gasteiger partial charge in [0.25, 0.3) is 0 Å². The van der Waals surface area contributed by atoms with Gasteiger partial charge < -0.3 is 20.7 Å². The van der Waals surface area contributed by atoms with Crippen molar-refractivity contribution in [1.82, 2.24) is 10.2 Å². The summed E-state index contributed by atoms with van der Waals surface area (Å²) in [5, 5.41) is 5.97. The van der Waals surface area contributed by atoms with E-state index in [2.05, 4.69) is 10.6 Å². The van der Waals surface area contributed by atoms with Crippen molar-refractivity contribution in [1.29, 1.82) is 0 Å². The van der Waals surface area contributed by atoms with Crippen LogP contribution in [0.15, 0.2) is 0 Å². The van der Waals surface area contributed by atoms with E-state index in [0.717, 1.165) is 23.3 Å². The lowest BCUT2D eigenvalue weighted by Crippen LogP contribution is -2.46. The van der Waals surface area contributed by atoms with Crippen LogP contribution in [0.3, 0.4) is 0 Å². The van der Waals surface area contributed by atoms with Gasteiger partial charge in [-0.3, -0.25) is 5.32 Å². The summed E-state index contributed by atoms with van der Waals surface area (Å²) in [6, 6.07) is -0.809. The first-order valence-electron chi connectivity index (χ1n) is 8.69. The van der Waals surface area contributed by atoms with E-state index in [4.69, 9.17) is 10.5 Å². The minimum Gasteiger partial charge on any atom is -0.462 e. The van der Waals surface area contributed by atoms with Gasteiger partial charge in [0, 0.05) is 24.5 Å². The second-order valence-electron chi connectivity index (χ2n) is 6.34. The number of ether oxygens (including phenoxy) is 1. The standard InChI is InChI=1S/C17H26N4O4S/c1-4-25-15(22)13-10(2)11(3)26-14(13)20-17(24)21-7-5-6-12(9-21)8-19-16(18)23/h12H,4-9H2,1-3H3,(H,20,24)(H3,18,19,23). The lowest BCUT2D eigenvalue weighted by atomic mass is 9.98. The normalized spacial score (nSPS) is 16.9. The maximum atomic E-state index is 12.7. The molecule has 8 nitrogen and oxygen atoms in total. The number of nitrogens with zero attached hydrogens (tertiary/aromatic N) is 1. The van der Waals surface area contributed by atoms with E-state index in [0.29, 0.717) is 30.2 Å². The van der Waals surface area contributed by atoms with E-state index in [1.165, 1.54) is 11.3 Å². The van der Waals surface area contributed by atoms with Gasteiger partial charge in [0.2, 0.25) is 0 Å². The molecule has 9 heteroatoms. The zero-order chi connectivity index (χ0) is 19.3. The quantitative estimate of drug-likeness (QED) is 0.679. The molecule has 2 rings (SSSR count). The summed E-state index contributed by atoms with van der Waals surface area (Å²) >= 11 is 1.37. The van der Waals surface area contributed by atoms with Crippen LogP contribution in [0, 0.1) is 19.8 Å². The van der Waals surface area contributed by atoms with Crippen LogP contribution in [0.1, 0.15) is 40.6 Å². The second kappa shape index (κ2) is 8.88. The molecule has 1 unspecified atom stereocenters. The second-order valence-corrected chi connectivity index (χ2v) is 7.56. The third-order valence-electron chi connectivity index (χ3n) is 4.46. The number of carbonyl (C=O) groups excluding carboxylic acids is 3. The van der Waals surface area contributed by atoms with E-state index >= 15 is 0 Å². The largest absolute Gasteiger partial charge is 0.462 e. The molecule has 144 valence electrons. The minimum absolute atomic E-state index is 0.165. The van der Waals surface area contributed by atoms with Gasteiger partial charge in [-0.25, -0.2) is 14.4 Å². The fourth-order valence-corrected chi connectivity index (χ4v) is 4.04. The van der Waals surface area contributed by atoms with E-state index in [1.807, 2.05) is 13.8 Å². The Hall–Kier alpha value is -2.29. The summed E-state index contributed by atoms with van der Waals surface area (Å²) < 4.78 is 5.11. The number of piperidine rings is 1. The molecule has 0 aliphatic carbocycles. The number of hydrogen-bond donors (Lipinski definition) is 3. The van der Waals surface area contributed by atoms with Gasteiger partial charge in [-0.15, -0.1) is 11.3 Å². The SMILES string of the molecule is CCOC(=O)c1c(NC(=O)N2CCCC(CNC(N)=O)C2)sc(C)c1C. The van der Waals surface area contributed by atoms with Gasteiger partial charge in [0.15, 0.2) is 0 Å². The predicted octanol–water partition coefficient (Wildman–Crippen LogP) is 2.45. The summed E-state index contributed by atoms with van der Waals surface area (Å²) in [6.07, 6.45) is 1.78. The lowest BCUT2D eigenvalue weighted by Gasteiger charge is -2.32. The number of urea groups is 2. The van der Waals surface area contributed by atoms with Crippen LogP contribution in [-0.2, 0) is 4.74 Å².